The number of anilines is 1. The Morgan fingerprint density at radius 3 is 1.69 bits per heavy atom. The average molecular weight is 334 g/mol. The molecule has 4 nitrogen and oxygen atoms in total. The van der Waals surface area contributed by atoms with E-state index in [1.54, 1.807) is 12.1 Å². The van der Waals surface area contributed by atoms with Crippen LogP contribution >= 0.6 is 0 Å². The van der Waals surface area contributed by atoms with Crippen molar-refractivity contribution >= 4 is 5.69 Å². The van der Waals surface area contributed by atoms with Gasteiger partial charge in [0.05, 0.1) is 28.4 Å². The van der Waals surface area contributed by atoms with Gasteiger partial charge in [0, 0.05) is 5.56 Å². The predicted molar refractivity (Wildman–Crippen MR) is 101 cm³/mol. The fourth-order valence-corrected chi connectivity index (χ4v) is 2.92. The first kappa shape index (κ1) is 16.8. The third-order valence-electron chi connectivity index (χ3n) is 4.33. The van der Waals surface area contributed by atoms with Crippen molar-refractivity contribution in [2.45, 2.75) is 6.92 Å². The molecule has 0 amide bonds. The third kappa shape index (κ3) is 2.86. The van der Waals surface area contributed by atoms with Crippen LogP contribution in [0.5, 0.6) is 0 Å². The minimum absolute atomic E-state index is 0.223. The van der Waals surface area contributed by atoms with Crippen molar-refractivity contribution in [3.05, 3.63) is 76.9 Å². The molecule has 4 heteroatoms. The molecule has 122 valence electrons. The molecule has 0 aliphatic rings. The van der Waals surface area contributed by atoms with Crippen molar-refractivity contribution in [1.82, 2.24) is 0 Å². The third-order valence-corrected chi connectivity index (χ3v) is 4.33. The lowest BCUT2D eigenvalue weighted by Crippen LogP contribution is -2.00. The van der Waals surface area contributed by atoms with Gasteiger partial charge in [-0.15, -0.1) is 0 Å². The highest BCUT2D eigenvalue weighted by Gasteiger charge is 2.15. The smallest absolute Gasteiger partial charge is 0.102 e. The number of benzene rings is 3. The van der Waals surface area contributed by atoms with E-state index in [-0.39, 0.29) is 5.69 Å². The molecule has 0 aromatic heterocycles. The second-order valence-electron chi connectivity index (χ2n) is 5.89. The zero-order chi connectivity index (χ0) is 18.7. The van der Waals surface area contributed by atoms with Crippen molar-refractivity contribution in [2.75, 3.05) is 5.73 Å². The van der Waals surface area contributed by atoms with Gasteiger partial charge in [-0.2, -0.15) is 15.8 Å². The maximum absolute atomic E-state index is 9.49. The van der Waals surface area contributed by atoms with Gasteiger partial charge in [-0.1, -0.05) is 36.4 Å². The van der Waals surface area contributed by atoms with E-state index < -0.39 is 0 Å². The van der Waals surface area contributed by atoms with E-state index in [0.29, 0.717) is 22.3 Å². The van der Waals surface area contributed by atoms with Crippen LogP contribution in [0.3, 0.4) is 0 Å². The van der Waals surface area contributed by atoms with Gasteiger partial charge in [0.1, 0.15) is 12.1 Å². The van der Waals surface area contributed by atoms with Gasteiger partial charge in [0.15, 0.2) is 0 Å². The lowest BCUT2D eigenvalue weighted by molar-refractivity contribution is 1.37. The lowest BCUT2D eigenvalue weighted by atomic mass is 9.92. The molecule has 0 atom stereocenters. The first-order valence-electron chi connectivity index (χ1n) is 7.93. The Hall–Kier alpha value is -4.07. The molecule has 0 unspecified atom stereocenters. The van der Waals surface area contributed by atoms with Crippen molar-refractivity contribution in [3.8, 4) is 40.5 Å². The zero-order valence-electron chi connectivity index (χ0n) is 14.1. The van der Waals surface area contributed by atoms with Crippen LogP contribution in [0, 0.1) is 40.9 Å². The molecule has 0 aliphatic heterocycles. The summed E-state index contributed by atoms with van der Waals surface area (Å²) in [6, 6.07) is 23.2. The number of hydrogen-bond donors (Lipinski definition) is 1. The highest BCUT2D eigenvalue weighted by Crippen LogP contribution is 2.33. The number of nitrogen functional groups attached to an aromatic ring is 1. The number of aryl methyl sites for hydroxylation is 1. The molecule has 3 rings (SSSR count). The molecule has 0 radical (unpaired) electrons. The molecule has 0 bridgehead atoms. The summed E-state index contributed by atoms with van der Waals surface area (Å²) in [6.45, 7) is 1.81. The van der Waals surface area contributed by atoms with E-state index in [4.69, 9.17) is 11.0 Å². The van der Waals surface area contributed by atoms with Crippen LogP contribution in [0.15, 0.2) is 54.6 Å². The van der Waals surface area contributed by atoms with Crippen LogP contribution in [-0.2, 0) is 0 Å². The van der Waals surface area contributed by atoms with Crippen molar-refractivity contribution < 1.29 is 0 Å². The maximum atomic E-state index is 9.49. The molecule has 3 aromatic carbocycles. The summed E-state index contributed by atoms with van der Waals surface area (Å²) in [5.41, 5.74) is 11.9. The number of nitriles is 3. The molecule has 0 saturated carbocycles. The summed E-state index contributed by atoms with van der Waals surface area (Å²) in [5.74, 6) is 0. The van der Waals surface area contributed by atoms with Gasteiger partial charge >= 0.3 is 0 Å². The first-order valence-corrected chi connectivity index (χ1v) is 7.93. The minimum Gasteiger partial charge on any atom is -0.397 e. The summed E-state index contributed by atoms with van der Waals surface area (Å²) in [5, 5.41) is 27.6. The van der Waals surface area contributed by atoms with E-state index in [9.17, 15) is 10.5 Å². The van der Waals surface area contributed by atoms with Crippen LogP contribution < -0.4 is 5.73 Å². The highest BCUT2D eigenvalue weighted by atomic mass is 14.6. The van der Waals surface area contributed by atoms with Crippen LogP contribution in [-0.4, -0.2) is 0 Å². The van der Waals surface area contributed by atoms with E-state index in [1.165, 1.54) is 0 Å². The van der Waals surface area contributed by atoms with E-state index in [1.807, 2.05) is 49.4 Å². The van der Waals surface area contributed by atoms with Gasteiger partial charge in [0.25, 0.3) is 0 Å². The van der Waals surface area contributed by atoms with Gasteiger partial charge in [0.2, 0.25) is 0 Å². The number of nitrogens with zero attached hydrogens (tertiary/aromatic N) is 3. The molecule has 26 heavy (non-hydrogen) atoms. The Balaban J connectivity index is 2.06. The lowest BCUT2D eigenvalue weighted by Gasteiger charge is -2.12. The molecule has 2 N–H and O–H groups in total. The molecule has 0 heterocycles. The molecular formula is C22H14N4. The van der Waals surface area contributed by atoms with E-state index in [0.717, 1.165) is 22.3 Å². The standard InChI is InChI=1S/C22H14N4/c1-14-10-19(21(13-25)22(26)20(14)12-24)18-8-6-17(7-9-18)16-4-2-15(11-23)3-5-16/h2-10H,26H2,1H3. The molecular weight excluding hydrogens is 320 g/mol. The van der Waals surface area contributed by atoms with Crippen LogP contribution in [0.1, 0.15) is 22.3 Å². The average Bonchev–Trinajstić information content (AvgIpc) is 2.68. The molecule has 0 saturated heterocycles. The van der Waals surface area contributed by atoms with Crippen LogP contribution in [0.4, 0.5) is 5.69 Å². The van der Waals surface area contributed by atoms with Gasteiger partial charge in [-0.05, 0) is 47.4 Å². The highest BCUT2D eigenvalue weighted by molar-refractivity contribution is 5.82. The maximum Gasteiger partial charge on any atom is 0.102 e. The van der Waals surface area contributed by atoms with Gasteiger partial charge in [-0.3, -0.25) is 0 Å². The van der Waals surface area contributed by atoms with Gasteiger partial charge in [-0.25, -0.2) is 0 Å². The second-order valence-corrected chi connectivity index (χ2v) is 5.89. The minimum atomic E-state index is 0.223. The summed E-state index contributed by atoms with van der Waals surface area (Å²) < 4.78 is 0. The Bertz CT molecular complexity index is 1100. The summed E-state index contributed by atoms with van der Waals surface area (Å²) in [4.78, 5) is 0. The Morgan fingerprint density at radius 1 is 0.692 bits per heavy atom. The Morgan fingerprint density at radius 2 is 1.19 bits per heavy atom. The molecule has 0 fully saturated rings. The SMILES string of the molecule is Cc1cc(-c2ccc(-c3ccc(C#N)cc3)cc2)c(C#N)c(N)c1C#N. The van der Waals surface area contributed by atoms with E-state index >= 15 is 0 Å². The number of rotatable bonds is 2. The molecule has 0 aliphatic carbocycles. The van der Waals surface area contributed by atoms with Crippen LogP contribution in [0.2, 0.25) is 0 Å². The second kappa shape index (κ2) is 6.81. The normalized spacial score (nSPS) is 9.77. The summed E-state index contributed by atoms with van der Waals surface area (Å²) >= 11 is 0. The topological polar surface area (TPSA) is 97.4 Å². The van der Waals surface area contributed by atoms with Crippen molar-refractivity contribution in [1.29, 1.82) is 15.8 Å². The number of nitrogens with two attached hydrogens (primary N) is 1. The number of hydrogen-bond acceptors (Lipinski definition) is 4. The summed E-state index contributed by atoms with van der Waals surface area (Å²) in [7, 11) is 0. The molecule has 3 aromatic rings. The largest absolute Gasteiger partial charge is 0.397 e. The quantitative estimate of drug-likeness (QED) is 0.696. The molecule has 0 spiro atoms. The Labute approximate surface area is 152 Å². The van der Waals surface area contributed by atoms with Crippen molar-refractivity contribution in [3.63, 3.8) is 0 Å². The van der Waals surface area contributed by atoms with Gasteiger partial charge < -0.3 is 5.73 Å². The fraction of sp³-hybridized carbons (Fsp3) is 0.0455. The van der Waals surface area contributed by atoms with Crippen LogP contribution in [0.25, 0.3) is 22.3 Å². The van der Waals surface area contributed by atoms with E-state index in [2.05, 4.69) is 18.2 Å². The summed E-state index contributed by atoms with van der Waals surface area (Å²) in [6.07, 6.45) is 0. The monoisotopic (exact) mass is 334 g/mol. The predicted octanol–water partition coefficient (Wildman–Crippen LogP) is 4.53. The zero-order valence-corrected chi connectivity index (χ0v) is 14.1. The Kier molecular flexibility index (Phi) is 4.40. The first-order chi connectivity index (χ1) is 12.6. The fourth-order valence-electron chi connectivity index (χ4n) is 2.92. The van der Waals surface area contributed by atoms with Crippen molar-refractivity contribution in [2.24, 2.45) is 0 Å².